The fourth-order valence-electron chi connectivity index (χ4n) is 1.92. The summed E-state index contributed by atoms with van der Waals surface area (Å²) in [5, 5.41) is 5.19. The van der Waals surface area contributed by atoms with Crippen molar-refractivity contribution in [1.82, 2.24) is 5.32 Å². The van der Waals surface area contributed by atoms with Gasteiger partial charge in [0, 0.05) is 25.0 Å². The SMILES string of the molecule is CCCOCCCNC1=NCC(CC(C)(C)C)S1. The van der Waals surface area contributed by atoms with Gasteiger partial charge in [-0.2, -0.15) is 0 Å². The lowest BCUT2D eigenvalue weighted by atomic mass is 9.90. The lowest BCUT2D eigenvalue weighted by Crippen LogP contribution is -2.22. The van der Waals surface area contributed by atoms with E-state index >= 15 is 0 Å². The summed E-state index contributed by atoms with van der Waals surface area (Å²) >= 11 is 1.90. The predicted octanol–water partition coefficient (Wildman–Crippen LogP) is 3.30. The predicted molar refractivity (Wildman–Crippen MR) is 81.5 cm³/mol. The first-order chi connectivity index (χ1) is 8.51. The van der Waals surface area contributed by atoms with Crippen molar-refractivity contribution in [1.29, 1.82) is 0 Å². The fourth-order valence-corrected chi connectivity index (χ4v) is 3.30. The minimum absolute atomic E-state index is 0.399. The second-order valence-corrected chi connectivity index (χ2v) is 7.33. The van der Waals surface area contributed by atoms with Crippen molar-refractivity contribution >= 4 is 16.9 Å². The zero-order valence-corrected chi connectivity index (χ0v) is 13.1. The molecular formula is C14H28N2OS. The lowest BCUT2D eigenvalue weighted by Gasteiger charge is -2.21. The number of rotatable bonds is 7. The van der Waals surface area contributed by atoms with E-state index in [2.05, 4.69) is 38.0 Å². The molecule has 1 heterocycles. The van der Waals surface area contributed by atoms with E-state index in [4.69, 9.17) is 4.74 Å². The van der Waals surface area contributed by atoms with Crippen molar-refractivity contribution in [2.45, 2.75) is 52.2 Å². The molecule has 4 heteroatoms. The summed E-state index contributed by atoms with van der Waals surface area (Å²) < 4.78 is 5.45. The Morgan fingerprint density at radius 2 is 2.17 bits per heavy atom. The summed E-state index contributed by atoms with van der Waals surface area (Å²) in [7, 11) is 0. The van der Waals surface area contributed by atoms with Gasteiger partial charge >= 0.3 is 0 Å². The van der Waals surface area contributed by atoms with E-state index in [1.807, 2.05) is 11.8 Å². The van der Waals surface area contributed by atoms with Crippen LogP contribution in [0.5, 0.6) is 0 Å². The number of thioether (sulfide) groups is 1. The summed E-state index contributed by atoms with van der Waals surface area (Å²) in [6.45, 7) is 12.7. The highest BCUT2D eigenvalue weighted by molar-refractivity contribution is 8.14. The molecule has 0 amide bonds. The number of amidine groups is 1. The molecule has 0 aromatic rings. The van der Waals surface area contributed by atoms with Gasteiger partial charge in [-0.05, 0) is 24.7 Å². The van der Waals surface area contributed by atoms with Crippen molar-refractivity contribution in [2.24, 2.45) is 10.4 Å². The minimum Gasteiger partial charge on any atom is -0.381 e. The van der Waals surface area contributed by atoms with Crippen molar-refractivity contribution in [2.75, 3.05) is 26.3 Å². The quantitative estimate of drug-likeness (QED) is 0.722. The van der Waals surface area contributed by atoms with Crippen molar-refractivity contribution in [3.05, 3.63) is 0 Å². The summed E-state index contributed by atoms with van der Waals surface area (Å²) in [6, 6.07) is 0. The van der Waals surface area contributed by atoms with Gasteiger partial charge in [-0.15, -0.1) is 0 Å². The maximum atomic E-state index is 5.45. The van der Waals surface area contributed by atoms with Crippen LogP contribution < -0.4 is 5.32 Å². The largest absolute Gasteiger partial charge is 0.381 e. The maximum Gasteiger partial charge on any atom is 0.156 e. The molecule has 0 aromatic carbocycles. The van der Waals surface area contributed by atoms with Crippen LogP contribution in [0, 0.1) is 5.41 Å². The van der Waals surface area contributed by atoms with Gasteiger partial charge in [0.15, 0.2) is 5.17 Å². The Labute approximate surface area is 116 Å². The molecule has 1 unspecified atom stereocenters. The zero-order chi connectivity index (χ0) is 13.4. The Morgan fingerprint density at radius 3 is 2.83 bits per heavy atom. The lowest BCUT2D eigenvalue weighted by molar-refractivity contribution is 0.133. The van der Waals surface area contributed by atoms with Gasteiger partial charge < -0.3 is 10.1 Å². The van der Waals surface area contributed by atoms with Crippen LogP contribution in [0.4, 0.5) is 0 Å². The molecule has 0 saturated heterocycles. The molecule has 18 heavy (non-hydrogen) atoms. The summed E-state index contributed by atoms with van der Waals surface area (Å²) in [5.74, 6) is 0. The van der Waals surface area contributed by atoms with E-state index < -0.39 is 0 Å². The van der Waals surface area contributed by atoms with E-state index in [-0.39, 0.29) is 0 Å². The molecule has 1 N–H and O–H groups in total. The average Bonchev–Trinajstić information content (AvgIpc) is 2.68. The first kappa shape index (κ1) is 15.8. The van der Waals surface area contributed by atoms with Crippen LogP contribution in [-0.2, 0) is 4.74 Å². The number of hydrogen-bond donors (Lipinski definition) is 1. The second kappa shape index (κ2) is 8.05. The first-order valence-corrected chi connectivity index (χ1v) is 7.92. The van der Waals surface area contributed by atoms with Gasteiger partial charge in [0.1, 0.15) is 0 Å². The Kier molecular flexibility index (Phi) is 7.08. The molecule has 0 aliphatic carbocycles. The Morgan fingerprint density at radius 1 is 1.39 bits per heavy atom. The molecule has 0 spiro atoms. The molecule has 0 radical (unpaired) electrons. The zero-order valence-electron chi connectivity index (χ0n) is 12.3. The number of hydrogen-bond acceptors (Lipinski definition) is 4. The van der Waals surface area contributed by atoms with Gasteiger partial charge in [0.05, 0.1) is 6.54 Å². The van der Waals surface area contributed by atoms with Crippen LogP contribution in [0.25, 0.3) is 0 Å². The van der Waals surface area contributed by atoms with E-state index in [9.17, 15) is 0 Å². The molecule has 0 bridgehead atoms. The van der Waals surface area contributed by atoms with Gasteiger partial charge in [0.25, 0.3) is 0 Å². The van der Waals surface area contributed by atoms with E-state index in [0.717, 1.165) is 44.3 Å². The van der Waals surface area contributed by atoms with Crippen LogP contribution >= 0.6 is 11.8 Å². The third-order valence-corrected chi connectivity index (χ3v) is 3.79. The molecule has 0 fully saturated rings. The van der Waals surface area contributed by atoms with Crippen molar-refractivity contribution in [3.63, 3.8) is 0 Å². The summed E-state index contributed by atoms with van der Waals surface area (Å²) in [4.78, 5) is 4.56. The highest BCUT2D eigenvalue weighted by atomic mass is 32.2. The van der Waals surface area contributed by atoms with Gasteiger partial charge in [-0.3, -0.25) is 4.99 Å². The third kappa shape index (κ3) is 7.27. The molecule has 3 nitrogen and oxygen atoms in total. The molecule has 0 saturated carbocycles. The smallest absolute Gasteiger partial charge is 0.156 e. The van der Waals surface area contributed by atoms with Crippen molar-refractivity contribution in [3.8, 4) is 0 Å². The summed E-state index contributed by atoms with van der Waals surface area (Å²) in [5.41, 5.74) is 0.399. The molecule has 0 aromatic heterocycles. The average molecular weight is 272 g/mol. The number of nitrogens with zero attached hydrogens (tertiary/aromatic N) is 1. The van der Waals surface area contributed by atoms with Crippen LogP contribution in [0.15, 0.2) is 4.99 Å². The monoisotopic (exact) mass is 272 g/mol. The Hall–Kier alpha value is -0.220. The van der Waals surface area contributed by atoms with Crippen LogP contribution in [0.1, 0.15) is 47.0 Å². The van der Waals surface area contributed by atoms with E-state index in [1.165, 1.54) is 6.42 Å². The number of ether oxygens (including phenoxy) is 1. The third-order valence-electron chi connectivity index (χ3n) is 2.65. The highest BCUT2D eigenvalue weighted by Gasteiger charge is 2.24. The van der Waals surface area contributed by atoms with Gasteiger partial charge in [-0.25, -0.2) is 0 Å². The topological polar surface area (TPSA) is 33.6 Å². The molecule has 1 atom stereocenters. The van der Waals surface area contributed by atoms with Crippen LogP contribution in [-0.4, -0.2) is 36.7 Å². The minimum atomic E-state index is 0.399. The van der Waals surface area contributed by atoms with Crippen molar-refractivity contribution < 1.29 is 4.74 Å². The molecule has 1 rings (SSSR count). The number of nitrogens with one attached hydrogen (secondary N) is 1. The highest BCUT2D eigenvalue weighted by Crippen LogP contribution is 2.31. The first-order valence-electron chi connectivity index (χ1n) is 7.04. The van der Waals surface area contributed by atoms with E-state index in [0.29, 0.717) is 10.7 Å². The maximum absolute atomic E-state index is 5.45. The van der Waals surface area contributed by atoms with Crippen LogP contribution in [0.2, 0.25) is 0 Å². The normalized spacial score (nSPS) is 20.0. The van der Waals surface area contributed by atoms with E-state index in [1.54, 1.807) is 0 Å². The standard InChI is InChI=1S/C14H28N2OS/c1-5-8-17-9-6-7-15-13-16-11-12(18-13)10-14(2,3)4/h12H,5-11H2,1-4H3,(H,15,16). The molecule has 1 aliphatic heterocycles. The Balaban J connectivity index is 2.04. The molecular weight excluding hydrogens is 244 g/mol. The molecule has 106 valence electrons. The molecule has 1 aliphatic rings. The van der Waals surface area contributed by atoms with Crippen LogP contribution in [0.3, 0.4) is 0 Å². The van der Waals surface area contributed by atoms with Gasteiger partial charge in [0.2, 0.25) is 0 Å². The second-order valence-electron chi connectivity index (χ2n) is 6.04. The number of aliphatic imine (C=N–C) groups is 1. The Bertz CT molecular complexity index is 261. The summed E-state index contributed by atoms with van der Waals surface area (Å²) in [6.07, 6.45) is 3.39. The fraction of sp³-hybridized carbons (Fsp3) is 0.929. The van der Waals surface area contributed by atoms with Gasteiger partial charge in [-0.1, -0.05) is 39.5 Å².